The SMILES string of the molecule is O=C(CN1CCC2(CCN(CCc3ccccc3)C2=O)C1)Nc1ccc(Cl)cn1.O=CO. The predicted molar refractivity (Wildman–Crippen MR) is 121 cm³/mol. The lowest BCUT2D eigenvalue weighted by Crippen LogP contribution is -2.39. The summed E-state index contributed by atoms with van der Waals surface area (Å²) in [4.78, 5) is 41.9. The van der Waals surface area contributed by atoms with Crippen LogP contribution in [0.5, 0.6) is 0 Å². The van der Waals surface area contributed by atoms with Crippen molar-refractivity contribution in [1.29, 1.82) is 0 Å². The Kier molecular flexibility index (Phi) is 8.19. The molecular weight excluding hydrogens is 432 g/mol. The molecule has 4 rings (SSSR count). The number of hydrogen-bond acceptors (Lipinski definition) is 5. The van der Waals surface area contributed by atoms with Crippen LogP contribution in [0.3, 0.4) is 0 Å². The van der Waals surface area contributed by atoms with Crippen LogP contribution in [-0.4, -0.2) is 70.9 Å². The molecule has 2 aliphatic rings. The molecule has 2 saturated heterocycles. The second-order valence-electron chi connectivity index (χ2n) is 8.03. The van der Waals surface area contributed by atoms with Gasteiger partial charge in [-0.3, -0.25) is 19.3 Å². The monoisotopic (exact) mass is 458 g/mol. The van der Waals surface area contributed by atoms with Crippen molar-refractivity contribution in [2.24, 2.45) is 5.41 Å². The average Bonchev–Trinajstić information content (AvgIpc) is 3.33. The lowest BCUT2D eigenvalue weighted by molar-refractivity contribution is -0.135. The van der Waals surface area contributed by atoms with Gasteiger partial charge in [-0.25, -0.2) is 4.98 Å². The van der Waals surface area contributed by atoms with Crippen molar-refractivity contribution in [1.82, 2.24) is 14.8 Å². The zero-order valence-corrected chi connectivity index (χ0v) is 18.5. The van der Waals surface area contributed by atoms with E-state index in [1.54, 1.807) is 12.1 Å². The van der Waals surface area contributed by atoms with E-state index >= 15 is 0 Å². The Hall–Kier alpha value is -2.97. The summed E-state index contributed by atoms with van der Waals surface area (Å²) in [5.74, 6) is 0.608. The molecule has 0 radical (unpaired) electrons. The average molecular weight is 459 g/mol. The molecule has 1 unspecified atom stereocenters. The maximum atomic E-state index is 13.1. The number of pyridine rings is 1. The molecule has 9 heteroatoms. The molecule has 2 N–H and O–H groups in total. The largest absolute Gasteiger partial charge is 0.483 e. The number of carbonyl (C=O) groups excluding carboxylic acids is 2. The summed E-state index contributed by atoms with van der Waals surface area (Å²) < 4.78 is 0. The fourth-order valence-electron chi connectivity index (χ4n) is 4.32. The van der Waals surface area contributed by atoms with E-state index in [1.807, 2.05) is 23.1 Å². The molecular formula is C23H27ClN4O4. The van der Waals surface area contributed by atoms with Crippen molar-refractivity contribution in [3.05, 3.63) is 59.2 Å². The summed E-state index contributed by atoms with van der Waals surface area (Å²) in [6.07, 6.45) is 4.07. The summed E-state index contributed by atoms with van der Waals surface area (Å²) in [5, 5.41) is 10.2. The van der Waals surface area contributed by atoms with Gasteiger partial charge in [0.2, 0.25) is 11.8 Å². The van der Waals surface area contributed by atoms with E-state index in [4.69, 9.17) is 21.5 Å². The van der Waals surface area contributed by atoms with E-state index in [9.17, 15) is 9.59 Å². The van der Waals surface area contributed by atoms with E-state index in [0.717, 1.165) is 38.9 Å². The van der Waals surface area contributed by atoms with E-state index < -0.39 is 0 Å². The molecule has 2 aliphatic heterocycles. The molecule has 2 amide bonds. The van der Waals surface area contributed by atoms with Gasteiger partial charge in [-0.15, -0.1) is 0 Å². The highest BCUT2D eigenvalue weighted by molar-refractivity contribution is 6.30. The Morgan fingerprint density at radius 3 is 2.59 bits per heavy atom. The second-order valence-corrected chi connectivity index (χ2v) is 8.47. The van der Waals surface area contributed by atoms with Crippen molar-refractivity contribution in [3.63, 3.8) is 0 Å². The number of nitrogens with zero attached hydrogens (tertiary/aromatic N) is 3. The number of amides is 2. The number of aromatic nitrogens is 1. The van der Waals surface area contributed by atoms with Crippen LogP contribution in [0, 0.1) is 5.41 Å². The molecule has 170 valence electrons. The van der Waals surface area contributed by atoms with E-state index in [-0.39, 0.29) is 30.2 Å². The van der Waals surface area contributed by atoms with Crippen molar-refractivity contribution >= 4 is 35.7 Å². The fraction of sp³-hybridized carbons (Fsp3) is 0.391. The first-order valence-corrected chi connectivity index (χ1v) is 10.9. The molecule has 2 aromatic rings. The molecule has 0 saturated carbocycles. The van der Waals surface area contributed by atoms with Crippen LogP contribution in [0.2, 0.25) is 5.02 Å². The Bertz CT molecular complexity index is 925. The van der Waals surface area contributed by atoms with Crippen LogP contribution < -0.4 is 5.32 Å². The number of anilines is 1. The first-order chi connectivity index (χ1) is 15.5. The number of nitrogens with one attached hydrogen (secondary N) is 1. The van der Waals surface area contributed by atoms with Crippen molar-refractivity contribution in [3.8, 4) is 0 Å². The number of halogens is 1. The summed E-state index contributed by atoms with van der Waals surface area (Å²) in [7, 11) is 0. The Labute approximate surface area is 192 Å². The summed E-state index contributed by atoms with van der Waals surface area (Å²) >= 11 is 5.82. The first kappa shape index (κ1) is 23.7. The van der Waals surface area contributed by atoms with E-state index in [0.29, 0.717) is 17.4 Å². The van der Waals surface area contributed by atoms with Crippen LogP contribution in [0.1, 0.15) is 18.4 Å². The maximum Gasteiger partial charge on any atom is 0.290 e. The standard InChI is InChI=1S/C22H25ClN4O2.CH2O2/c23-18-6-7-19(24-14-18)25-20(28)15-26-12-9-22(16-26)10-13-27(21(22)29)11-8-17-4-2-1-3-5-17;2-1-3/h1-7,14H,8-13,15-16H2,(H,24,25,28);1H,(H,2,3). The molecule has 0 aliphatic carbocycles. The minimum absolute atomic E-state index is 0.122. The minimum atomic E-state index is -0.324. The molecule has 32 heavy (non-hydrogen) atoms. The molecule has 2 fully saturated rings. The first-order valence-electron chi connectivity index (χ1n) is 10.5. The van der Waals surface area contributed by atoms with Gasteiger partial charge in [0, 0.05) is 25.8 Å². The van der Waals surface area contributed by atoms with Gasteiger partial charge in [-0.2, -0.15) is 0 Å². The van der Waals surface area contributed by atoms with E-state index in [1.165, 1.54) is 11.8 Å². The Morgan fingerprint density at radius 1 is 1.19 bits per heavy atom. The fourth-order valence-corrected chi connectivity index (χ4v) is 4.43. The third-order valence-corrected chi connectivity index (χ3v) is 6.13. The van der Waals surface area contributed by atoms with Gasteiger partial charge >= 0.3 is 0 Å². The lowest BCUT2D eigenvalue weighted by atomic mass is 9.85. The number of hydrogen-bond donors (Lipinski definition) is 2. The number of carboxylic acid groups (broad SMARTS) is 1. The number of carbonyl (C=O) groups is 3. The molecule has 8 nitrogen and oxygen atoms in total. The molecule has 1 aromatic carbocycles. The topological polar surface area (TPSA) is 103 Å². The van der Waals surface area contributed by atoms with Gasteiger partial charge < -0.3 is 15.3 Å². The third-order valence-electron chi connectivity index (χ3n) is 5.91. The number of rotatable bonds is 6. The molecule has 1 aromatic heterocycles. The summed E-state index contributed by atoms with van der Waals surface area (Å²) in [5.41, 5.74) is 0.928. The molecule has 3 heterocycles. The molecule has 0 bridgehead atoms. The van der Waals surface area contributed by atoms with Gasteiger partial charge in [0.15, 0.2) is 0 Å². The van der Waals surface area contributed by atoms with Gasteiger partial charge in [0.05, 0.1) is 17.0 Å². The Morgan fingerprint density at radius 2 is 1.91 bits per heavy atom. The van der Waals surface area contributed by atoms with Gasteiger partial charge in [0.25, 0.3) is 6.47 Å². The van der Waals surface area contributed by atoms with Gasteiger partial charge in [-0.1, -0.05) is 41.9 Å². The van der Waals surface area contributed by atoms with Crippen LogP contribution in [0.15, 0.2) is 48.7 Å². The quantitative estimate of drug-likeness (QED) is 0.645. The van der Waals surface area contributed by atoms with Crippen LogP contribution in [-0.2, 0) is 20.8 Å². The predicted octanol–water partition coefficient (Wildman–Crippen LogP) is 2.54. The highest BCUT2D eigenvalue weighted by Crippen LogP contribution is 2.40. The zero-order chi connectivity index (χ0) is 23.0. The third kappa shape index (κ3) is 6.05. The second kappa shape index (κ2) is 11.1. The van der Waals surface area contributed by atoms with Crippen LogP contribution in [0.4, 0.5) is 5.82 Å². The lowest BCUT2D eigenvalue weighted by Gasteiger charge is -2.23. The highest BCUT2D eigenvalue weighted by Gasteiger charge is 2.50. The van der Waals surface area contributed by atoms with E-state index in [2.05, 4.69) is 27.3 Å². The smallest absolute Gasteiger partial charge is 0.290 e. The normalized spacial score (nSPS) is 20.2. The van der Waals surface area contributed by atoms with Crippen LogP contribution in [0.25, 0.3) is 0 Å². The summed E-state index contributed by atoms with van der Waals surface area (Å²) in [6, 6.07) is 13.6. The van der Waals surface area contributed by atoms with Gasteiger partial charge in [0.1, 0.15) is 5.82 Å². The Balaban J connectivity index is 0.000000913. The zero-order valence-electron chi connectivity index (χ0n) is 17.7. The van der Waals surface area contributed by atoms with Crippen molar-refractivity contribution in [2.45, 2.75) is 19.3 Å². The minimum Gasteiger partial charge on any atom is -0.483 e. The van der Waals surface area contributed by atoms with Crippen molar-refractivity contribution in [2.75, 3.05) is 38.0 Å². The number of benzene rings is 1. The van der Waals surface area contributed by atoms with Gasteiger partial charge in [-0.05, 0) is 43.5 Å². The molecule has 1 spiro atoms. The molecule has 1 atom stereocenters. The van der Waals surface area contributed by atoms with Crippen LogP contribution >= 0.6 is 11.6 Å². The highest BCUT2D eigenvalue weighted by atomic mass is 35.5. The number of likely N-dealkylation sites (tertiary alicyclic amines) is 2. The summed E-state index contributed by atoms with van der Waals surface area (Å²) in [6.45, 7) is 2.99. The maximum absolute atomic E-state index is 13.1. The van der Waals surface area contributed by atoms with Crippen molar-refractivity contribution < 1.29 is 19.5 Å².